The van der Waals surface area contributed by atoms with Crippen LogP contribution in [0.1, 0.15) is 12.0 Å². The van der Waals surface area contributed by atoms with Gasteiger partial charge < -0.3 is 33.7 Å². The van der Waals surface area contributed by atoms with Crippen LogP contribution in [0.5, 0.6) is 17.2 Å². The fourth-order valence-electron chi connectivity index (χ4n) is 3.91. The lowest BCUT2D eigenvalue weighted by Crippen LogP contribution is -2.39. The second kappa shape index (κ2) is 8.17. The SMILES string of the molecule is COC1=CCC2C(=C1OC)C(=O)OC2C(=O)NCCc1cc(OC)c2c(c1)OCO2. The van der Waals surface area contributed by atoms with E-state index in [9.17, 15) is 9.59 Å². The van der Waals surface area contributed by atoms with Crippen LogP contribution in [0.2, 0.25) is 0 Å². The van der Waals surface area contributed by atoms with Gasteiger partial charge in [-0.15, -0.1) is 0 Å². The number of hydrogen-bond donors (Lipinski definition) is 1. The van der Waals surface area contributed by atoms with Gasteiger partial charge in [-0.2, -0.15) is 0 Å². The Labute approximate surface area is 173 Å². The highest BCUT2D eigenvalue weighted by Gasteiger charge is 2.48. The molecule has 1 N–H and O–H groups in total. The van der Waals surface area contributed by atoms with Gasteiger partial charge in [0.2, 0.25) is 12.5 Å². The zero-order valence-electron chi connectivity index (χ0n) is 17.0. The molecule has 160 valence electrons. The van der Waals surface area contributed by atoms with Gasteiger partial charge in [-0.25, -0.2) is 4.79 Å². The van der Waals surface area contributed by atoms with E-state index in [0.29, 0.717) is 53.7 Å². The number of benzene rings is 1. The molecule has 1 aromatic carbocycles. The maximum absolute atomic E-state index is 12.7. The first-order valence-electron chi connectivity index (χ1n) is 9.55. The molecule has 2 heterocycles. The Hall–Kier alpha value is -3.36. The summed E-state index contributed by atoms with van der Waals surface area (Å²) in [6.07, 6.45) is 1.89. The molecule has 3 aliphatic rings. The van der Waals surface area contributed by atoms with Crippen LogP contribution in [0.25, 0.3) is 0 Å². The quantitative estimate of drug-likeness (QED) is 0.666. The van der Waals surface area contributed by atoms with Crippen molar-refractivity contribution in [3.8, 4) is 17.2 Å². The lowest BCUT2D eigenvalue weighted by molar-refractivity contribution is -0.147. The van der Waals surface area contributed by atoms with Crippen molar-refractivity contribution >= 4 is 11.9 Å². The molecule has 1 fully saturated rings. The van der Waals surface area contributed by atoms with Crippen LogP contribution < -0.4 is 19.5 Å². The topological polar surface area (TPSA) is 102 Å². The Balaban J connectivity index is 1.41. The normalized spacial score (nSPS) is 21.6. The molecule has 2 aliphatic heterocycles. The van der Waals surface area contributed by atoms with E-state index in [4.69, 9.17) is 28.4 Å². The lowest BCUT2D eigenvalue weighted by Gasteiger charge is -2.22. The maximum Gasteiger partial charge on any atom is 0.339 e. The van der Waals surface area contributed by atoms with E-state index in [0.717, 1.165) is 5.56 Å². The average Bonchev–Trinajstić information content (AvgIpc) is 3.36. The monoisotopic (exact) mass is 417 g/mol. The van der Waals surface area contributed by atoms with Crippen LogP contribution >= 0.6 is 0 Å². The summed E-state index contributed by atoms with van der Waals surface area (Å²) in [6.45, 7) is 0.511. The lowest BCUT2D eigenvalue weighted by atomic mass is 9.87. The number of hydrogen-bond acceptors (Lipinski definition) is 8. The minimum absolute atomic E-state index is 0.152. The Morgan fingerprint density at radius 2 is 2.00 bits per heavy atom. The third-order valence-corrected chi connectivity index (χ3v) is 5.33. The molecule has 1 saturated heterocycles. The summed E-state index contributed by atoms with van der Waals surface area (Å²) in [4.78, 5) is 25.1. The fourth-order valence-corrected chi connectivity index (χ4v) is 3.91. The second-order valence-corrected chi connectivity index (χ2v) is 6.96. The van der Waals surface area contributed by atoms with E-state index in [1.807, 2.05) is 12.1 Å². The molecule has 4 rings (SSSR count). The highest BCUT2D eigenvalue weighted by Crippen LogP contribution is 2.42. The fraction of sp³-hybridized carbons (Fsp3) is 0.429. The third kappa shape index (κ3) is 3.40. The maximum atomic E-state index is 12.7. The summed E-state index contributed by atoms with van der Waals surface area (Å²) in [5, 5.41) is 2.85. The standard InChI is InChI=1S/C21H23NO8/c1-25-13-5-4-12-16(19(13)27-3)21(24)30-17(12)20(23)22-7-6-11-8-14(26-2)18-15(9-11)28-10-29-18/h5,8-9,12,17H,4,6-7,10H2,1-3H3,(H,22,23). The number of cyclic esters (lactones) is 1. The molecule has 0 saturated carbocycles. The van der Waals surface area contributed by atoms with Crippen LogP contribution in [0.4, 0.5) is 0 Å². The Morgan fingerprint density at radius 1 is 1.17 bits per heavy atom. The first-order chi connectivity index (χ1) is 14.6. The van der Waals surface area contributed by atoms with Gasteiger partial charge in [0.15, 0.2) is 29.1 Å². The van der Waals surface area contributed by atoms with Crippen molar-refractivity contribution in [2.75, 3.05) is 34.7 Å². The van der Waals surface area contributed by atoms with Crippen molar-refractivity contribution in [2.45, 2.75) is 18.9 Å². The van der Waals surface area contributed by atoms with Gasteiger partial charge in [0.1, 0.15) is 0 Å². The van der Waals surface area contributed by atoms with Gasteiger partial charge in [0.25, 0.3) is 5.91 Å². The van der Waals surface area contributed by atoms with E-state index < -0.39 is 18.0 Å². The van der Waals surface area contributed by atoms with Crippen molar-refractivity contribution in [3.63, 3.8) is 0 Å². The molecule has 0 aromatic heterocycles. The molecule has 1 amide bonds. The largest absolute Gasteiger partial charge is 0.493 e. The van der Waals surface area contributed by atoms with Crippen molar-refractivity contribution in [3.05, 3.63) is 40.9 Å². The predicted molar refractivity (Wildman–Crippen MR) is 103 cm³/mol. The number of carbonyl (C=O) groups excluding carboxylic acids is 2. The summed E-state index contributed by atoms with van der Waals surface area (Å²) in [6, 6.07) is 3.70. The van der Waals surface area contributed by atoms with Crippen molar-refractivity contribution in [2.24, 2.45) is 5.92 Å². The highest BCUT2D eigenvalue weighted by atomic mass is 16.7. The number of nitrogens with one attached hydrogen (secondary N) is 1. The number of methoxy groups -OCH3 is 3. The van der Waals surface area contributed by atoms with Gasteiger partial charge >= 0.3 is 5.97 Å². The molecule has 2 unspecified atom stereocenters. The van der Waals surface area contributed by atoms with E-state index in [1.54, 1.807) is 13.2 Å². The number of esters is 1. The summed E-state index contributed by atoms with van der Waals surface area (Å²) >= 11 is 0. The minimum atomic E-state index is -0.904. The van der Waals surface area contributed by atoms with E-state index in [1.165, 1.54) is 14.2 Å². The summed E-state index contributed by atoms with van der Waals surface area (Å²) in [7, 11) is 4.52. The predicted octanol–water partition coefficient (Wildman–Crippen LogP) is 1.46. The van der Waals surface area contributed by atoms with Gasteiger partial charge in [0.05, 0.1) is 26.9 Å². The number of allylic oxidation sites excluding steroid dienone is 1. The van der Waals surface area contributed by atoms with Gasteiger partial charge in [-0.1, -0.05) is 0 Å². The second-order valence-electron chi connectivity index (χ2n) is 6.96. The van der Waals surface area contributed by atoms with Crippen LogP contribution in [0.15, 0.2) is 35.3 Å². The van der Waals surface area contributed by atoms with Gasteiger partial charge in [-0.3, -0.25) is 4.79 Å². The molecule has 1 aromatic rings. The summed E-state index contributed by atoms with van der Waals surface area (Å²) in [5.41, 5.74) is 1.27. The number of carbonyl (C=O) groups is 2. The molecular formula is C21H23NO8. The first kappa shape index (κ1) is 19.9. The zero-order valence-corrected chi connectivity index (χ0v) is 17.0. The van der Waals surface area contributed by atoms with Crippen LogP contribution in [-0.4, -0.2) is 52.6 Å². The molecule has 30 heavy (non-hydrogen) atoms. The van der Waals surface area contributed by atoms with Crippen molar-refractivity contribution in [1.29, 1.82) is 0 Å². The molecule has 0 radical (unpaired) electrons. The number of rotatable bonds is 7. The van der Waals surface area contributed by atoms with E-state index >= 15 is 0 Å². The first-order valence-corrected chi connectivity index (χ1v) is 9.55. The van der Waals surface area contributed by atoms with E-state index in [2.05, 4.69) is 5.32 Å². The van der Waals surface area contributed by atoms with E-state index in [-0.39, 0.29) is 12.7 Å². The molecule has 2 atom stereocenters. The minimum Gasteiger partial charge on any atom is -0.493 e. The van der Waals surface area contributed by atoms with Gasteiger partial charge in [0, 0.05) is 12.5 Å². The van der Waals surface area contributed by atoms with Crippen LogP contribution in [-0.2, 0) is 30.2 Å². The molecule has 0 spiro atoms. The van der Waals surface area contributed by atoms with Crippen molar-refractivity contribution in [1.82, 2.24) is 5.32 Å². The Bertz CT molecular complexity index is 935. The number of ether oxygens (including phenoxy) is 6. The highest BCUT2D eigenvalue weighted by molar-refractivity contribution is 5.98. The molecule has 9 heteroatoms. The number of fused-ring (bicyclic) bond motifs is 2. The van der Waals surface area contributed by atoms with Crippen LogP contribution in [0.3, 0.4) is 0 Å². The summed E-state index contributed by atoms with van der Waals surface area (Å²) < 4.78 is 32.1. The van der Waals surface area contributed by atoms with Gasteiger partial charge in [-0.05, 0) is 36.6 Å². The summed E-state index contributed by atoms with van der Waals surface area (Å²) in [5.74, 6) is 1.27. The Kier molecular flexibility index (Phi) is 5.43. The molecule has 1 aliphatic carbocycles. The number of amides is 1. The third-order valence-electron chi connectivity index (χ3n) is 5.33. The molecule has 0 bridgehead atoms. The van der Waals surface area contributed by atoms with Crippen molar-refractivity contribution < 1.29 is 38.0 Å². The Morgan fingerprint density at radius 3 is 2.73 bits per heavy atom. The molecule has 9 nitrogen and oxygen atoms in total. The zero-order chi connectivity index (χ0) is 21.3. The smallest absolute Gasteiger partial charge is 0.339 e. The molecular weight excluding hydrogens is 394 g/mol. The average molecular weight is 417 g/mol. The van der Waals surface area contributed by atoms with Crippen LogP contribution in [0, 0.1) is 5.92 Å².